The summed E-state index contributed by atoms with van der Waals surface area (Å²) in [4.78, 5) is 15.5. The third-order valence-electron chi connectivity index (χ3n) is 10.0. The van der Waals surface area contributed by atoms with Gasteiger partial charge in [-0.3, -0.25) is 0 Å². The predicted molar refractivity (Wildman–Crippen MR) is 206 cm³/mol. The van der Waals surface area contributed by atoms with Gasteiger partial charge in [-0.05, 0) is 78.8 Å². The molecule has 4 heteroatoms. The SMILES string of the molecule is c1ccc2c(c1)-c1cccc3c1c-2cc1sc2c(-c4nc(-c5ccc6ccccc6c5)nc(-c5ccc6ccccc6c5)n4)cccc2c13. The van der Waals surface area contributed by atoms with E-state index in [1.54, 1.807) is 0 Å². The monoisotopic (exact) mass is 639 g/mol. The van der Waals surface area contributed by atoms with E-state index >= 15 is 0 Å². The minimum atomic E-state index is 0.667. The van der Waals surface area contributed by atoms with E-state index < -0.39 is 0 Å². The van der Waals surface area contributed by atoms with E-state index in [0.717, 1.165) is 27.5 Å². The summed E-state index contributed by atoms with van der Waals surface area (Å²) in [7, 11) is 0. The largest absolute Gasteiger partial charge is 0.208 e. The van der Waals surface area contributed by atoms with Crippen LogP contribution >= 0.6 is 11.3 Å². The molecule has 2 aromatic heterocycles. The van der Waals surface area contributed by atoms with Gasteiger partial charge in [-0.25, -0.2) is 15.0 Å². The summed E-state index contributed by atoms with van der Waals surface area (Å²) in [5.74, 6) is 2.02. The maximum Gasteiger partial charge on any atom is 0.165 e. The molecule has 0 saturated heterocycles. The van der Waals surface area contributed by atoms with E-state index in [2.05, 4.69) is 152 Å². The molecule has 0 amide bonds. The van der Waals surface area contributed by atoms with E-state index in [9.17, 15) is 0 Å². The Morgan fingerprint density at radius 2 is 0.878 bits per heavy atom. The van der Waals surface area contributed by atoms with Crippen LogP contribution in [0.3, 0.4) is 0 Å². The highest BCUT2D eigenvalue weighted by atomic mass is 32.1. The fourth-order valence-corrected chi connectivity index (χ4v) is 9.02. The first kappa shape index (κ1) is 26.8. The lowest BCUT2D eigenvalue weighted by molar-refractivity contribution is 1.08. The molecular formula is C45H25N3S. The van der Waals surface area contributed by atoms with Gasteiger partial charge in [0.1, 0.15) is 0 Å². The molecule has 1 aliphatic carbocycles. The van der Waals surface area contributed by atoms with E-state index in [1.165, 1.54) is 64.0 Å². The number of hydrogen-bond donors (Lipinski definition) is 0. The number of benzene rings is 8. The topological polar surface area (TPSA) is 38.7 Å². The van der Waals surface area contributed by atoms with Gasteiger partial charge in [-0.1, -0.05) is 127 Å². The highest BCUT2D eigenvalue weighted by Gasteiger charge is 2.25. The summed E-state index contributed by atoms with van der Waals surface area (Å²) in [5, 5.41) is 9.88. The van der Waals surface area contributed by atoms with Crippen LogP contribution in [0.5, 0.6) is 0 Å². The van der Waals surface area contributed by atoms with Crippen molar-refractivity contribution in [2.45, 2.75) is 0 Å². The first-order valence-corrected chi connectivity index (χ1v) is 17.3. The quantitative estimate of drug-likeness (QED) is 0.193. The predicted octanol–water partition coefficient (Wildman–Crippen LogP) is 12.3. The molecule has 0 unspecified atom stereocenters. The summed E-state index contributed by atoms with van der Waals surface area (Å²) in [6, 6.07) is 54.2. The number of hydrogen-bond acceptors (Lipinski definition) is 4. The molecule has 0 radical (unpaired) electrons. The molecule has 10 aromatic rings. The van der Waals surface area contributed by atoms with Crippen LogP contribution in [0.15, 0.2) is 152 Å². The number of aromatic nitrogens is 3. The van der Waals surface area contributed by atoms with Crippen LogP contribution in [0.2, 0.25) is 0 Å². The molecule has 0 aliphatic heterocycles. The lowest BCUT2D eigenvalue weighted by Gasteiger charge is -2.10. The second-order valence-corrected chi connectivity index (χ2v) is 13.8. The Labute approximate surface area is 285 Å². The zero-order valence-corrected chi connectivity index (χ0v) is 27.0. The minimum Gasteiger partial charge on any atom is -0.208 e. The van der Waals surface area contributed by atoms with Gasteiger partial charge in [0.25, 0.3) is 0 Å². The van der Waals surface area contributed by atoms with Crippen LogP contribution in [-0.2, 0) is 0 Å². The third-order valence-corrected chi connectivity index (χ3v) is 11.2. The normalized spacial score (nSPS) is 12.1. The Bertz CT molecular complexity index is 2910. The van der Waals surface area contributed by atoms with Crippen molar-refractivity contribution in [1.82, 2.24) is 15.0 Å². The molecule has 8 aromatic carbocycles. The van der Waals surface area contributed by atoms with Crippen LogP contribution in [0.1, 0.15) is 0 Å². The molecule has 0 N–H and O–H groups in total. The molecule has 11 rings (SSSR count). The highest BCUT2D eigenvalue weighted by molar-refractivity contribution is 7.26. The van der Waals surface area contributed by atoms with Crippen molar-refractivity contribution < 1.29 is 0 Å². The van der Waals surface area contributed by atoms with Crippen LogP contribution in [0.4, 0.5) is 0 Å². The van der Waals surface area contributed by atoms with Crippen LogP contribution < -0.4 is 0 Å². The molecule has 1 aliphatic rings. The first-order valence-electron chi connectivity index (χ1n) is 16.5. The molecule has 2 heterocycles. The van der Waals surface area contributed by atoms with Crippen LogP contribution in [0, 0.1) is 0 Å². The zero-order valence-electron chi connectivity index (χ0n) is 26.2. The summed E-state index contributed by atoms with van der Waals surface area (Å²) < 4.78 is 2.47. The van der Waals surface area contributed by atoms with Crippen molar-refractivity contribution in [2.24, 2.45) is 0 Å². The van der Waals surface area contributed by atoms with Gasteiger partial charge in [0.2, 0.25) is 0 Å². The lowest BCUT2D eigenvalue weighted by atomic mass is 9.98. The maximum atomic E-state index is 5.21. The maximum absolute atomic E-state index is 5.21. The highest BCUT2D eigenvalue weighted by Crippen LogP contribution is 2.52. The van der Waals surface area contributed by atoms with Gasteiger partial charge in [-0.15, -0.1) is 11.3 Å². The Balaban J connectivity index is 1.17. The first-order chi connectivity index (χ1) is 24.3. The van der Waals surface area contributed by atoms with Gasteiger partial charge in [0.15, 0.2) is 17.5 Å². The third kappa shape index (κ3) is 3.98. The molecule has 49 heavy (non-hydrogen) atoms. The lowest BCUT2D eigenvalue weighted by Crippen LogP contribution is -2.00. The van der Waals surface area contributed by atoms with Gasteiger partial charge in [0.05, 0.1) is 0 Å². The number of fused-ring (bicyclic) bond motifs is 9. The smallest absolute Gasteiger partial charge is 0.165 e. The average Bonchev–Trinajstić information content (AvgIpc) is 3.71. The van der Waals surface area contributed by atoms with Crippen molar-refractivity contribution in [1.29, 1.82) is 0 Å². The number of rotatable bonds is 3. The van der Waals surface area contributed by atoms with E-state index in [1.807, 2.05) is 11.3 Å². The number of nitrogens with zero attached hydrogens (tertiary/aromatic N) is 3. The van der Waals surface area contributed by atoms with E-state index in [4.69, 9.17) is 15.0 Å². The number of thiophene rings is 1. The van der Waals surface area contributed by atoms with Gasteiger partial charge < -0.3 is 0 Å². The summed E-state index contributed by atoms with van der Waals surface area (Å²) in [5.41, 5.74) is 8.23. The van der Waals surface area contributed by atoms with Crippen molar-refractivity contribution in [3.8, 4) is 56.4 Å². The summed E-state index contributed by atoms with van der Waals surface area (Å²) in [6.45, 7) is 0. The van der Waals surface area contributed by atoms with Crippen molar-refractivity contribution in [3.63, 3.8) is 0 Å². The molecule has 0 fully saturated rings. The molecule has 0 saturated carbocycles. The second kappa shape index (κ2) is 10.1. The molecule has 0 spiro atoms. The van der Waals surface area contributed by atoms with Gasteiger partial charge in [-0.2, -0.15) is 0 Å². The molecule has 0 atom stereocenters. The molecule has 3 nitrogen and oxygen atoms in total. The fraction of sp³-hybridized carbons (Fsp3) is 0. The molecule has 226 valence electrons. The summed E-state index contributed by atoms with van der Waals surface area (Å²) in [6.07, 6.45) is 0. The Kier molecular flexibility index (Phi) is 5.54. The van der Waals surface area contributed by atoms with E-state index in [-0.39, 0.29) is 0 Å². The van der Waals surface area contributed by atoms with Crippen molar-refractivity contribution in [3.05, 3.63) is 152 Å². The van der Waals surface area contributed by atoms with E-state index in [0.29, 0.717) is 17.5 Å². The zero-order chi connectivity index (χ0) is 32.1. The Hall–Kier alpha value is -6.23. The van der Waals surface area contributed by atoms with Crippen molar-refractivity contribution >= 4 is 63.8 Å². The summed E-state index contributed by atoms with van der Waals surface area (Å²) >= 11 is 1.83. The van der Waals surface area contributed by atoms with Crippen molar-refractivity contribution in [2.75, 3.05) is 0 Å². The van der Waals surface area contributed by atoms with Crippen LogP contribution in [-0.4, -0.2) is 15.0 Å². The van der Waals surface area contributed by atoms with Gasteiger partial charge >= 0.3 is 0 Å². The van der Waals surface area contributed by atoms with Gasteiger partial charge in [0, 0.05) is 36.9 Å². The minimum absolute atomic E-state index is 0.667. The average molecular weight is 640 g/mol. The Morgan fingerprint density at radius 1 is 0.347 bits per heavy atom. The Morgan fingerprint density at radius 3 is 1.55 bits per heavy atom. The fourth-order valence-electron chi connectivity index (χ4n) is 7.75. The molecular weight excluding hydrogens is 615 g/mol. The standard InChI is InChI=1S/C45H25N3S/c1-3-11-28-23-30(21-19-26(28)9-1)43-46-44(31-22-20-27-10-2-4-12-29(27)24-31)48-45(47-43)37-18-8-17-36-41-35-16-7-15-34-32-13-5-6-14-33(32)38(40(34)35)25-39(41)49-42(36)37/h1-25H. The molecule has 0 bridgehead atoms. The second-order valence-electron chi connectivity index (χ2n) is 12.8. The van der Waals surface area contributed by atoms with Crippen LogP contribution in [0.25, 0.3) is 109 Å².